The topological polar surface area (TPSA) is 35.2 Å². The summed E-state index contributed by atoms with van der Waals surface area (Å²) in [7, 11) is 1.66. The first-order valence-corrected chi connectivity index (χ1v) is 5.34. The Kier molecular flexibility index (Phi) is 2.17. The number of rotatable bonds is 1. The van der Waals surface area contributed by atoms with Crippen molar-refractivity contribution in [2.24, 2.45) is 0 Å². The molecule has 0 bridgehead atoms. The van der Waals surface area contributed by atoms with Crippen LogP contribution in [-0.4, -0.2) is 7.11 Å². The summed E-state index contributed by atoms with van der Waals surface area (Å²) in [5.41, 5.74) is 5.71. The van der Waals surface area contributed by atoms with Gasteiger partial charge >= 0.3 is 0 Å². The average molecular weight is 258 g/mol. The predicted octanol–water partition coefficient (Wildman–Crippen LogP) is 3.25. The zero-order chi connectivity index (χ0) is 9.42. The van der Waals surface area contributed by atoms with Crippen LogP contribution in [0.25, 0.3) is 10.1 Å². The minimum Gasteiger partial charge on any atom is -0.496 e. The number of fused-ring (bicyclic) bond motifs is 1. The highest BCUT2D eigenvalue weighted by atomic mass is 79.9. The summed E-state index contributed by atoms with van der Waals surface area (Å²) in [6, 6.07) is 5.92. The molecule has 2 nitrogen and oxygen atoms in total. The summed E-state index contributed by atoms with van der Waals surface area (Å²) >= 11 is 4.98. The van der Waals surface area contributed by atoms with Crippen molar-refractivity contribution in [3.05, 3.63) is 22.7 Å². The van der Waals surface area contributed by atoms with E-state index in [4.69, 9.17) is 10.5 Å². The first-order chi connectivity index (χ1) is 6.20. The monoisotopic (exact) mass is 257 g/mol. The fourth-order valence-corrected chi connectivity index (χ4v) is 2.74. The molecule has 0 fully saturated rings. The van der Waals surface area contributed by atoms with E-state index in [9.17, 15) is 0 Å². The van der Waals surface area contributed by atoms with Crippen LogP contribution in [0.1, 0.15) is 0 Å². The van der Waals surface area contributed by atoms with E-state index in [2.05, 4.69) is 15.9 Å². The third-order valence-electron chi connectivity index (χ3n) is 1.80. The molecule has 0 radical (unpaired) electrons. The van der Waals surface area contributed by atoms with Gasteiger partial charge in [-0.25, -0.2) is 0 Å². The Morgan fingerprint density at radius 1 is 1.38 bits per heavy atom. The van der Waals surface area contributed by atoms with E-state index in [-0.39, 0.29) is 0 Å². The van der Waals surface area contributed by atoms with E-state index in [0.29, 0.717) is 0 Å². The van der Waals surface area contributed by atoms with Crippen LogP contribution in [0.2, 0.25) is 0 Å². The minimum absolute atomic E-state index is 0.811. The van der Waals surface area contributed by atoms with E-state index >= 15 is 0 Å². The van der Waals surface area contributed by atoms with E-state index < -0.39 is 0 Å². The third-order valence-corrected chi connectivity index (χ3v) is 3.17. The largest absolute Gasteiger partial charge is 0.496 e. The Hall–Kier alpha value is -0.740. The van der Waals surface area contributed by atoms with Crippen molar-refractivity contribution in [3.8, 4) is 5.75 Å². The van der Waals surface area contributed by atoms with E-state index in [0.717, 1.165) is 25.3 Å². The second-order valence-electron chi connectivity index (χ2n) is 2.67. The van der Waals surface area contributed by atoms with E-state index in [1.54, 1.807) is 18.4 Å². The quantitative estimate of drug-likeness (QED) is 0.852. The predicted molar refractivity (Wildman–Crippen MR) is 60.5 cm³/mol. The highest BCUT2D eigenvalue weighted by molar-refractivity contribution is 9.10. The normalized spacial score (nSPS) is 10.6. The number of anilines is 1. The van der Waals surface area contributed by atoms with Crippen LogP contribution >= 0.6 is 27.3 Å². The van der Waals surface area contributed by atoms with Gasteiger partial charge in [0.05, 0.1) is 12.1 Å². The molecule has 1 aromatic carbocycles. The molecule has 0 aliphatic heterocycles. The smallest absolute Gasteiger partial charge is 0.128 e. The average Bonchev–Trinajstić information content (AvgIpc) is 2.43. The molecule has 0 saturated carbocycles. The molecular weight excluding hydrogens is 250 g/mol. The molecule has 2 rings (SSSR count). The maximum Gasteiger partial charge on any atom is 0.128 e. The van der Waals surface area contributed by atoms with Gasteiger partial charge in [-0.2, -0.15) is 0 Å². The minimum atomic E-state index is 0.811. The molecule has 4 heteroatoms. The second kappa shape index (κ2) is 3.20. The molecular formula is C9H8BrNOS. The van der Waals surface area contributed by atoms with Gasteiger partial charge in [-0.3, -0.25) is 0 Å². The number of hydrogen-bond donors (Lipinski definition) is 1. The lowest BCUT2D eigenvalue weighted by atomic mass is 10.2. The standard InChI is InChI=1S/C9H8BrNOS/c1-12-7-2-5(10)3-8-6(7)4-9(11)13-8/h2-4H,11H2,1H3. The number of benzene rings is 1. The molecule has 0 unspecified atom stereocenters. The van der Waals surface area contributed by atoms with Gasteiger partial charge in [0, 0.05) is 14.6 Å². The molecule has 68 valence electrons. The molecule has 13 heavy (non-hydrogen) atoms. The summed E-state index contributed by atoms with van der Waals surface area (Å²) in [4.78, 5) is 0. The van der Waals surface area contributed by atoms with Crippen LogP contribution in [0.5, 0.6) is 5.75 Å². The summed E-state index contributed by atoms with van der Waals surface area (Å²) in [5.74, 6) is 0.859. The van der Waals surface area contributed by atoms with Crippen LogP contribution in [0.3, 0.4) is 0 Å². The molecule has 0 amide bonds. The molecule has 0 atom stereocenters. The number of nitrogens with two attached hydrogens (primary N) is 1. The van der Waals surface area contributed by atoms with Gasteiger partial charge in [0.1, 0.15) is 5.75 Å². The van der Waals surface area contributed by atoms with Crippen molar-refractivity contribution < 1.29 is 4.74 Å². The lowest BCUT2D eigenvalue weighted by molar-refractivity contribution is 0.419. The van der Waals surface area contributed by atoms with Crippen molar-refractivity contribution in [3.63, 3.8) is 0 Å². The highest BCUT2D eigenvalue weighted by Crippen LogP contribution is 2.36. The Bertz CT molecular complexity index is 452. The Morgan fingerprint density at radius 3 is 2.85 bits per heavy atom. The van der Waals surface area contributed by atoms with Crippen molar-refractivity contribution in [1.29, 1.82) is 0 Å². The van der Waals surface area contributed by atoms with Crippen LogP contribution in [0, 0.1) is 0 Å². The molecule has 0 spiro atoms. The van der Waals surface area contributed by atoms with Crippen molar-refractivity contribution in [2.45, 2.75) is 0 Å². The number of ether oxygens (including phenoxy) is 1. The zero-order valence-corrected chi connectivity index (χ0v) is 9.41. The number of thiophene rings is 1. The Labute approximate surface area is 88.4 Å². The molecule has 1 aromatic heterocycles. The lowest BCUT2D eigenvalue weighted by Gasteiger charge is -2.01. The van der Waals surface area contributed by atoms with Crippen LogP contribution in [0.4, 0.5) is 5.00 Å². The van der Waals surface area contributed by atoms with Gasteiger partial charge in [0.2, 0.25) is 0 Å². The first-order valence-electron chi connectivity index (χ1n) is 3.73. The zero-order valence-electron chi connectivity index (χ0n) is 7.00. The van der Waals surface area contributed by atoms with Crippen LogP contribution in [0.15, 0.2) is 22.7 Å². The lowest BCUT2D eigenvalue weighted by Crippen LogP contribution is -1.82. The van der Waals surface area contributed by atoms with Gasteiger partial charge in [-0.1, -0.05) is 15.9 Å². The van der Waals surface area contributed by atoms with Crippen LogP contribution < -0.4 is 10.5 Å². The summed E-state index contributed by atoms with van der Waals surface area (Å²) in [6.45, 7) is 0. The maximum absolute atomic E-state index is 5.71. The van der Waals surface area contributed by atoms with Gasteiger partial charge < -0.3 is 10.5 Å². The maximum atomic E-state index is 5.71. The number of halogens is 1. The fraction of sp³-hybridized carbons (Fsp3) is 0.111. The molecule has 0 saturated heterocycles. The fourth-order valence-electron chi connectivity index (χ4n) is 1.26. The van der Waals surface area contributed by atoms with Gasteiger partial charge in [-0.15, -0.1) is 11.3 Å². The molecule has 2 N–H and O–H groups in total. The molecule has 1 heterocycles. The molecule has 0 aliphatic rings. The van der Waals surface area contributed by atoms with Crippen molar-refractivity contribution >= 4 is 42.4 Å². The molecule has 2 aromatic rings. The van der Waals surface area contributed by atoms with Gasteiger partial charge in [0.15, 0.2) is 0 Å². The summed E-state index contributed by atoms with van der Waals surface area (Å²) in [6.07, 6.45) is 0. The van der Waals surface area contributed by atoms with Gasteiger partial charge in [0.25, 0.3) is 0 Å². The highest BCUT2D eigenvalue weighted by Gasteiger charge is 2.06. The van der Waals surface area contributed by atoms with E-state index in [1.807, 2.05) is 18.2 Å². The SMILES string of the molecule is COc1cc(Br)cc2sc(N)cc12. The van der Waals surface area contributed by atoms with Crippen molar-refractivity contribution in [1.82, 2.24) is 0 Å². The van der Waals surface area contributed by atoms with Gasteiger partial charge in [-0.05, 0) is 18.2 Å². The summed E-state index contributed by atoms with van der Waals surface area (Å²) in [5, 5.41) is 1.89. The van der Waals surface area contributed by atoms with Crippen LogP contribution in [-0.2, 0) is 0 Å². The number of methoxy groups -OCH3 is 1. The Balaban J connectivity index is 2.80. The number of nitrogen functional groups attached to an aromatic ring is 1. The Morgan fingerprint density at radius 2 is 2.15 bits per heavy atom. The first kappa shape index (κ1) is 8.84. The van der Waals surface area contributed by atoms with E-state index in [1.165, 1.54) is 0 Å². The number of hydrogen-bond acceptors (Lipinski definition) is 3. The molecule has 0 aliphatic carbocycles. The second-order valence-corrected chi connectivity index (χ2v) is 4.70. The summed E-state index contributed by atoms with van der Waals surface area (Å²) < 4.78 is 7.40. The van der Waals surface area contributed by atoms with Crippen molar-refractivity contribution in [2.75, 3.05) is 12.8 Å². The third kappa shape index (κ3) is 1.51.